The van der Waals surface area contributed by atoms with Gasteiger partial charge in [-0.15, -0.1) is 0 Å². The quantitative estimate of drug-likeness (QED) is 0.180. The third-order valence-electron chi connectivity index (χ3n) is 5.92. The number of phenols is 4. The highest BCUT2D eigenvalue weighted by atomic mass is 16.6. The maximum atomic E-state index is 12.5. The van der Waals surface area contributed by atoms with E-state index in [1.54, 1.807) is 0 Å². The van der Waals surface area contributed by atoms with Gasteiger partial charge in [-0.25, -0.2) is 9.59 Å². The standard InChI is InChI=1S/C26H26O11/c1-26(25(34)35)12-20(31)24(37-23(33)9-5-15-3-7-17(28)19(30)11-15)21(13-26)36-22(32)8-4-14-2-6-16(27)18(29)10-14/h2-11,20-21,24,27-31H,12-13H2,1H3,(H,34,35)/b8-4+,9-5+/t20-,21-,24-,26-/m1/s1. The summed E-state index contributed by atoms with van der Waals surface area (Å²) >= 11 is 0. The first-order chi connectivity index (χ1) is 17.4. The number of aliphatic hydroxyl groups is 1. The number of carbonyl (C=O) groups excluding carboxylic acids is 2. The number of ether oxygens (including phenoxy) is 2. The van der Waals surface area contributed by atoms with E-state index in [2.05, 4.69) is 0 Å². The second kappa shape index (κ2) is 11.0. The number of hydrogen-bond acceptors (Lipinski definition) is 10. The van der Waals surface area contributed by atoms with E-state index < -0.39 is 53.1 Å². The molecular formula is C26H26O11. The summed E-state index contributed by atoms with van der Waals surface area (Å²) in [6.07, 6.45) is -0.0542. The summed E-state index contributed by atoms with van der Waals surface area (Å²) in [5, 5.41) is 58.1. The number of aromatic hydroxyl groups is 4. The Bertz CT molecular complexity index is 1250. The smallest absolute Gasteiger partial charge is 0.331 e. The normalized spacial score (nSPS) is 23.7. The van der Waals surface area contributed by atoms with Crippen LogP contribution in [0.25, 0.3) is 12.2 Å². The molecule has 1 aliphatic carbocycles. The molecule has 4 atom stereocenters. The highest BCUT2D eigenvalue weighted by Crippen LogP contribution is 2.39. The van der Waals surface area contributed by atoms with Crippen LogP contribution in [0.2, 0.25) is 0 Å². The SMILES string of the molecule is C[C@@]1(C(=O)O)C[C@@H](O)[C@@H](OC(=O)/C=C/c2ccc(O)c(O)c2)[C@H](OC(=O)/C=C/c2ccc(O)c(O)c2)C1. The summed E-state index contributed by atoms with van der Waals surface area (Å²) in [5.74, 6) is -4.54. The Morgan fingerprint density at radius 1 is 0.811 bits per heavy atom. The van der Waals surface area contributed by atoms with Crippen LogP contribution in [0.15, 0.2) is 48.6 Å². The summed E-state index contributed by atoms with van der Waals surface area (Å²) in [4.78, 5) is 36.7. The van der Waals surface area contributed by atoms with Crippen LogP contribution in [0.1, 0.15) is 30.9 Å². The van der Waals surface area contributed by atoms with Crippen molar-refractivity contribution >= 4 is 30.1 Å². The Labute approximate surface area is 211 Å². The molecule has 1 saturated carbocycles. The third-order valence-corrected chi connectivity index (χ3v) is 5.92. The van der Waals surface area contributed by atoms with Gasteiger partial charge in [0.15, 0.2) is 29.1 Å². The van der Waals surface area contributed by atoms with Gasteiger partial charge in [-0.1, -0.05) is 12.1 Å². The van der Waals surface area contributed by atoms with Crippen molar-refractivity contribution in [1.29, 1.82) is 0 Å². The van der Waals surface area contributed by atoms with Gasteiger partial charge in [0, 0.05) is 18.6 Å². The van der Waals surface area contributed by atoms with E-state index in [1.807, 2.05) is 0 Å². The molecule has 3 rings (SSSR count). The lowest BCUT2D eigenvalue weighted by molar-refractivity contribution is -0.191. The second-order valence-electron chi connectivity index (χ2n) is 8.88. The van der Waals surface area contributed by atoms with Gasteiger partial charge in [0.1, 0.15) is 6.10 Å². The van der Waals surface area contributed by atoms with Crippen LogP contribution in [0, 0.1) is 5.41 Å². The Morgan fingerprint density at radius 3 is 1.76 bits per heavy atom. The number of carboxylic acids is 1. The Hall–Kier alpha value is -4.51. The number of rotatable bonds is 7. The molecular weight excluding hydrogens is 488 g/mol. The highest BCUT2D eigenvalue weighted by molar-refractivity contribution is 5.88. The number of esters is 2. The number of hydrogen-bond donors (Lipinski definition) is 6. The topological polar surface area (TPSA) is 191 Å². The van der Waals surface area contributed by atoms with Crippen molar-refractivity contribution in [2.75, 3.05) is 0 Å². The van der Waals surface area contributed by atoms with E-state index in [9.17, 15) is 45.0 Å². The molecule has 11 heteroatoms. The van der Waals surface area contributed by atoms with Crippen LogP contribution in [0.4, 0.5) is 0 Å². The lowest BCUT2D eigenvalue weighted by atomic mass is 9.72. The molecule has 0 saturated heterocycles. The van der Waals surface area contributed by atoms with Gasteiger partial charge in [0.2, 0.25) is 0 Å². The molecule has 196 valence electrons. The predicted molar refractivity (Wildman–Crippen MR) is 128 cm³/mol. The first-order valence-electron chi connectivity index (χ1n) is 11.1. The number of carbonyl (C=O) groups is 3. The summed E-state index contributed by atoms with van der Waals surface area (Å²) in [6.45, 7) is 1.38. The molecule has 2 aromatic carbocycles. The zero-order chi connectivity index (χ0) is 27.3. The summed E-state index contributed by atoms with van der Waals surface area (Å²) in [6, 6.07) is 7.71. The predicted octanol–water partition coefficient (Wildman–Crippen LogP) is 2.30. The van der Waals surface area contributed by atoms with Crippen molar-refractivity contribution in [1.82, 2.24) is 0 Å². The van der Waals surface area contributed by atoms with Crippen LogP contribution in [0.3, 0.4) is 0 Å². The zero-order valence-corrected chi connectivity index (χ0v) is 19.6. The Balaban J connectivity index is 1.75. The summed E-state index contributed by atoms with van der Waals surface area (Å²) in [5.41, 5.74) is -0.734. The van der Waals surface area contributed by atoms with Crippen molar-refractivity contribution < 1.29 is 54.5 Å². The van der Waals surface area contributed by atoms with Crippen molar-refractivity contribution in [2.45, 2.75) is 38.1 Å². The molecule has 37 heavy (non-hydrogen) atoms. The molecule has 0 spiro atoms. The first kappa shape index (κ1) is 27.1. The van der Waals surface area contributed by atoms with Gasteiger partial charge in [-0.05, 0) is 60.9 Å². The Morgan fingerprint density at radius 2 is 1.30 bits per heavy atom. The van der Waals surface area contributed by atoms with Crippen molar-refractivity contribution in [3.8, 4) is 23.0 Å². The fourth-order valence-corrected chi connectivity index (χ4v) is 3.89. The maximum absolute atomic E-state index is 12.5. The van der Waals surface area contributed by atoms with Gasteiger partial charge < -0.3 is 40.1 Å². The molecule has 0 radical (unpaired) electrons. The van der Waals surface area contributed by atoms with E-state index in [0.29, 0.717) is 11.1 Å². The number of aliphatic carboxylic acids is 1. The second-order valence-corrected chi connectivity index (χ2v) is 8.88. The van der Waals surface area contributed by atoms with Gasteiger partial charge in [-0.3, -0.25) is 4.79 Å². The average Bonchev–Trinajstić information content (AvgIpc) is 2.82. The third kappa shape index (κ3) is 6.79. The summed E-state index contributed by atoms with van der Waals surface area (Å²) in [7, 11) is 0. The van der Waals surface area contributed by atoms with E-state index in [1.165, 1.54) is 55.5 Å². The number of aliphatic hydroxyl groups excluding tert-OH is 1. The molecule has 0 bridgehead atoms. The van der Waals surface area contributed by atoms with E-state index in [-0.39, 0.29) is 24.3 Å². The minimum Gasteiger partial charge on any atom is -0.504 e. The van der Waals surface area contributed by atoms with Crippen LogP contribution in [-0.2, 0) is 23.9 Å². The number of phenolic OH excluding ortho intramolecular Hbond substituents is 4. The first-order valence-corrected chi connectivity index (χ1v) is 11.1. The van der Waals surface area contributed by atoms with Gasteiger partial charge >= 0.3 is 17.9 Å². The molecule has 2 aromatic rings. The fraction of sp³-hybridized carbons (Fsp3) is 0.269. The molecule has 1 aliphatic rings. The Kier molecular flexibility index (Phi) is 8.08. The molecule has 6 N–H and O–H groups in total. The summed E-state index contributed by atoms with van der Waals surface area (Å²) < 4.78 is 10.7. The number of carboxylic acid groups (broad SMARTS) is 1. The van der Waals surface area contributed by atoms with Crippen LogP contribution in [0.5, 0.6) is 23.0 Å². The molecule has 1 fully saturated rings. The van der Waals surface area contributed by atoms with Crippen LogP contribution in [-0.4, -0.2) is 66.9 Å². The molecule has 0 unspecified atom stereocenters. The lowest BCUT2D eigenvalue weighted by Gasteiger charge is -2.41. The molecule has 0 heterocycles. The molecule has 0 aromatic heterocycles. The van der Waals surface area contributed by atoms with Crippen molar-refractivity contribution in [2.24, 2.45) is 5.41 Å². The fourth-order valence-electron chi connectivity index (χ4n) is 3.89. The zero-order valence-electron chi connectivity index (χ0n) is 19.6. The van der Waals surface area contributed by atoms with Gasteiger partial charge in [-0.2, -0.15) is 0 Å². The number of benzene rings is 2. The monoisotopic (exact) mass is 514 g/mol. The van der Waals surface area contributed by atoms with E-state index in [4.69, 9.17) is 9.47 Å². The highest BCUT2D eigenvalue weighted by Gasteiger charge is 2.50. The molecule has 0 aliphatic heterocycles. The minimum absolute atomic E-state index is 0.244. The largest absolute Gasteiger partial charge is 0.504 e. The van der Waals surface area contributed by atoms with Gasteiger partial charge in [0.25, 0.3) is 0 Å². The molecule has 11 nitrogen and oxygen atoms in total. The lowest BCUT2D eigenvalue weighted by Crippen LogP contribution is -2.54. The van der Waals surface area contributed by atoms with Crippen molar-refractivity contribution in [3.63, 3.8) is 0 Å². The van der Waals surface area contributed by atoms with Crippen LogP contribution >= 0.6 is 0 Å². The van der Waals surface area contributed by atoms with Crippen molar-refractivity contribution in [3.05, 3.63) is 59.7 Å². The van der Waals surface area contributed by atoms with Crippen LogP contribution < -0.4 is 0 Å². The minimum atomic E-state index is -1.46. The molecule has 0 amide bonds. The average molecular weight is 514 g/mol. The maximum Gasteiger partial charge on any atom is 0.331 e. The van der Waals surface area contributed by atoms with Gasteiger partial charge in [0.05, 0.1) is 11.5 Å². The van der Waals surface area contributed by atoms with E-state index in [0.717, 1.165) is 12.2 Å². The van der Waals surface area contributed by atoms with E-state index >= 15 is 0 Å².